The van der Waals surface area contributed by atoms with Gasteiger partial charge in [0.15, 0.2) is 0 Å². The molecule has 1 aromatic carbocycles. The average molecular weight is 573 g/mol. The summed E-state index contributed by atoms with van der Waals surface area (Å²) in [7, 11) is 1.79. The van der Waals surface area contributed by atoms with Crippen LogP contribution >= 0.6 is 7.82 Å². The number of phosphoric acid groups is 1. The summed E-state index contributed by atoms with van der Waals surface area (Å²) in [5, 5.41) is 0. The fourth-order valence-corrected chi connectivity index (χ4v) is 5.13. The molecule has 7 nitrogen and oxygen atoms in total. The van der Waals surface area contributed by atoms with Gasteiger partial charge in [0.1, 0.15) is 19.3 Å². The van der Waals surface area contributed by atoms with Crippen LogP contribution in [0.3, 0.4) is 0 Å². The van der Waals surface area contributed by atoms with Gasteiger partial charge in [0.05, 0.1) is 41.0 Å². The second-order valence-corrected chi connectivity index (χ2v) is 13.1. The van der Waals surface area contributed by atoms with Gasteiger partial charge in [-0.25, -0.2) is 4.57 Å². The van der Waals surface area contributed by atoms with Gasteiger partial charge in [-0.15, -0.1) is 0 Å². The minimum Gasteiger partial charge on any atom is -0.379 e. The number of hydrogen-bond acceptors (Lipinski definition) is 5. The molecular weight excluding hydrogens is 513 g/mol. The number of nitrogens with zero attached hydrogens (tertiary/aromatic N) is 1. The standard InChI is InChI=1S/C31H58NO6P/c1-5-6-7-8-9-10-11-12-13-14-15-16-17-21-25-35-28-31(29-36-27-30-22-19-18-20-23-30)38-39(33,34)37-26-24-32(2,3)4/h18-20,22-23,31H,5-17,21,24-29H2,1-4H3/p+1/t31-/m1/s1. The molecule has 0 spiro atoms. The van der Waals surface area contributed by atoms with Gasteiger partial charge >= 0.3 is 7.82 Å². The van der Waals surface area contributed by atoms with Gasteiger partial charge in [0, 0.05) is 6.61 Å². The first-order valence-corrected chi connectivity index (χ1v) is 16.9. The number of likely N-dealkylation sites (N-methyl/N-ethyl adjacent to an activating group) is 1. The van der Waals surface area contributed by atoms with Crippen LogP contribution < -0.4 is 0 Å². The highest BCUT2D eigenvalue weighted by Crippen LogP contribution is 2.44. The molecule has 0 aromatic heterocycles. The summed E-state index contributed by atoms with van der Waals surface area (Å²) in [5.74, 6) is 0. The Balaban J connectivity index is 2.20. The van der Waals surface area contributed by atoms with E-state index in [0.717, 1.165) is 18.4 Å². The molecule has 8 heteroatoms. The lowest BCUT2D eigenvalue weighted by Crippen LogP contribution is -2.37. The molecule has 1 unspecified atom stereocenters. The van der Waals surface area contributed by atoms with E-state index in [9.17, 15) is 9.46 Å². The summed E-state index contributed by atoms with van der Waals surface area (Å²) in [5.41, 5.74) is 1.03. The van der Waals surface area contributed by atoms with Crippen LogP contribution in [0.5, 0.6) is 0 Å². The number of quaternary nitrogens is 1. The highest BCUT2D eigenvalue weighted by molar-refractivity contribution is 7.47. The van der Waals surface area contributed by atoms with E-state index < -0.39 is 13.9 Å². The third-order valence-electron chi connectivity index (χ3n) is 6.66. The van der Waals surface area contributed by atoms with Crippen LogP contribution in [-0.4, -0.2) is 69.6 Å². The van der Waals surface area contributed by atoms with Crippen LogP contribution in [0.2, 0.25) is 0 Å². The summed E-state index contributed by atoms with van der Waals surface area (Å²) in [4.78, 5) is 10.2. The van der Waals surface area contributed by atoms with Crippen molar-refractivity contribution in [3.05, 3.63) is 35.9 Å². The van der Waals surface area contributed by atoms with Crippen molar-refractivity contribution in [2.75, 3.05) is 54.1 Å². The highest BCUT2D eigenvalue weighted by atomic mass is 31.2. The van der Waals surface area contributed by atoms with Crippen molar-refractivity contribution >= 4 is 7.82 Å². The Labute approximate surface area is 239 Å². The molecule has 0 saturated heterocycles. The molecule has 0 bridgehead atoms. The maximum Gasteiger partial charge on any atom is 0.472 e. The number of benzene rings is 1. The molecule has 2 atom stereocenters. The van der Waals surface area contributed by atoms with E-state index in [1.54, 1.807) is 0 Å². The van der Waals surface area contributed by atoms with Crippen molar-refractivity contribution in [2.24, 2.45) is 0 Å². The van der Waals surface area contributed by atoms with Crippen molar-refractivity contribution in [3.8, 4) is 0 Å². The minimum absolute atomic E-state index is 0.134. The fraction of sp³-hybridized carbons (Fsp3) is 0.806. The summed E-state index contributed by atoms with van der Waals surface area (Å²) < 4.78 is 35.4. The van der Waals surface area contributed by atoms with Crippen LogP contribution in [0, 0.1) is 0 Å². The highest BCUT2D eigenvalue weighted by Gasteiger charge is 2.28. The average Bonchev–Trinajstić information content (AvgIpc) is 2.87. The Morgan fingerprint density at radius 1 is 0.744 bits per heavy atom. The van der Waals surface area contributed by atoms with Crippen molar-refractivity contribution in [1.82, 2.24) is 0 Å². The number of ether oxygens (including phenoxy) is 2. The number of phosphoric ester groups is 1. The second-order valence-electron chi connectivity index (χ2n) is 11.7. The first-order chi connectivity index (χ1) is 18.7. The second kappa shape index (κ2) is 22.8. The van der Waals surface area contributed by atoms with Crippen molar-refractivity contribution in [1.29, 1.82) is 0 Å². The predicted molar refractivity (Wildman–Crippen MR) is 161 cm³/mol. The molecule has 0 aliphatic rings. The maximum atomic E-state index is 12.5. The topological polar surface area (TPSA) is 74.2 Å². The summed E-state index contributed by atoms with van der Waals surface area (Å²) >= 11 is 0. The molecule has 1 rings (SSSR count). The van der Waals surface area contributed by atoms with E-state index in [4.69, 9.17) is 18.5 Å². The van der Waals surface area contributed by atoms with Crippen LogP contribution in [0.15, 0.2) is 30.3 Å². The number of rotatable bonds is 27. The predicted octanol–water partition coefficient (Wildman–Crippen LogP) is 7.91. The molecule has 0 aliphatic carbocycles. The Morgan fingerprint density at radius 2 is 1.26 bits per heavy atom. The van der Waals surface area contributed by atoms with Crippen molar-refractivity contribution in [3.63, 3.8) is 0 Å². The lowest BCUT2D eigenvalue weighted by molar-refractivity contribution is -0.870. The third kappa shape index (κ3) is 23.6. The zero-order chi connectivity index (χ0) is 28.7. The molecule has 1 N–H and O–H groups in total. The van der Waals surface area contributed by atoms with Gasteiger partial charge in [-0.05, 0) is 12.0 Å². The largest absolute Gasteiger partial charge is 0.472 e. The fourth-order valence-electron chi connectivity index (χ4n) is 4.25. The molecule has 0 heterocycles. The number of unbranched alkanes of at least 4 members (excludes halogenated alkanes) is 13. The maximum absolute atomic E-state index is 12.5. The van der Waals surface area contributed by atoms with Crippen LogP contribution in [0.4, 0.5) is 0 Å². The first kappa shape index (κ1) is 36.2. The van der Waals surface area contributed by atoms with Gasteiger partial charge in [-0.1, -0.05) is 121 Å². The van der Waals surface area contributed by atoms with E-state index in [2.05, 4.69) is 6.92 Å². The van der Waals surface area contributed by atoms with Crippen LogP contribution in [-0.2, 0) is 29.7 Å². The van der Waals surface area contributed by atoms with Gasteiger partial charge in [0.2, 0.25) is 0 Å². The lowest BCUT2D eigenvalue weighted by Gasteiger charge is -2.25. The molecule has 0 aliphatic heterocycles. The van der Waals surface area contributed by atoms with E-state index in [0.29, 0.717) is 24.2 Å². The smallest absolute Gasteiger partial charge is 0.379 e. The van der Waals surface area contributed by atoms with Gasteiger partial charge in [-0.3, -0.25) is 9.05 Å². The molecule has 0 radical (unpaired) electrons. The molecule has 39 heavy (non-hydrogen) atoms. The monoisotopic (exact) mass is 572 g/mol. The molecule has 0 amide bonds. The zero-order valence-electron chi connectivity index (χ0n) is 25.5. The van der Waals surface area contributed by atoms with Crippen LogP contribution in [0.1, 0.15) is 102 Å². The van der Waals surface area contributed by atoms with E-state index in [1.807, 2.05) is 51.5 Å². The quantitative estimate of drug-likeness (QED) is 0.0656. The Morgan fingerprint density at radius 3 is 1.79 bits per heavy atom. The lowest BCUT2D eigenvalue weighted by atomic mass is 10.0. The molecule has 228 valence electrons. The first-order valence-electron chi connectivity index (χ1n) is 15.4. The Kier molecular flexibility index (Phi) is 21.2. The molecule has 0 saturated carbocycles. The molecular formula is C31H59NO6P+. The van der Waals surface area contributed by atoms with Crippen molar-refractivity contribution < 1.29 is 32.5 Å². The number of hydrogen-bond donors (Lipinski definition) is 1. The molecule has 1 aromatic rings. The minimum atomic E-state index is -4.21. The molecule has 0 fully saturated rings. The summed E-state index contributed by atoms with van der Waals surface area (Å²) in [6, 6.07) is 9.82. The van der Waals surface area contributed by atoms with Gasteiger partial charge in [-0.2, -0.15) is 0 Å². The summed E-state index contributed by atoms with van der Waals surface area (Å²) in [6.07, 6.45) is 17.7. The SMILES string of the molecule is CCCCCCCCCCCCCCCCOC[C@H](COCc1ccccc1)OP(=O)(O)OCC[N+](C)(C)C. The normalized spacial score (nSPS) is 14.4. The Bertz CT molecular complexity index is 728. The van der Waals surface area contributed by atoms with E-state index >= 15 is 0 Å². The van der Waals surface area contributed by atoms with Gasteiger partial charge in [0.25, 0.3) is 0 Å². The van der Waals surface area contributed by atoms with E-state index in [1.165, 1.54) is 77.0 Å². The summed E-state index contributed by atoms with van der Waals surface area (Å²) in [6.45, 7) is 4.35. The Hall–Kier alpha value is -0.790. The zero-order valence-corrected chi connectivity index (χ0v) is 26.4. The third-order valence-corrected chi connectivity index (χ3v) is 7.73. The van der Waals surface area contributed by atoms with Crippen LogP contribution in [0.25, 0.3) is 0 Å². The van der Waals surface area contributed by atoms with E-state index in [-0.39, 0.29) is 19.8 Å². The van der Waals surface area contributed by atoms with Crippen molar-refractivity contribution in [2.45, 2.75) is 110 Å². The van der Waals surface area contributed by atoms with Gasteiger partial charge < -0.3 is 18.9 Å².